The SMILES string of the molecule is Cc1cc(CCC(=O)N[C@@H](Cc2ccc(O)cc2)C(=O)N[C@@H](C)C(=O)O)nc(C2CCNCC2)n1. The number of piperidine rings is 1. The maximum atomic E-state index is 12.8. The molecular formula is C25H33N5O5. The Morgan fingerprint density at radius 2 is 1.80 bits per heavy atom. The van der Waals surface area contributed by atoms with Crippen LogP contribution in [0.5, 0.6) is 5.75 Å². The maximum absolute atomic E-state index is 12.8. The second-order valence-corrected chi connectivity index (χ2v) is 8.94. The third-order valence-electron chi connectivity index (χ3n) is 5.99. The number of carbonyl (C=O) groups is 3. The van der Waals surface area contributed by atoms with Gasteiger partial charge in [-0.3, -0.25) is 14.4 Å². The lowest BCUT2D eigenvalue weighted by Crippen LogP contribution is -2.51. The van der Waals surface area contributed by atoms with Crippen molar-refractivity contribution in [2.24, 2.45) is 0 Å². The highest BCUT2D eigenvalue weighted by molar-refractivity contribution is 5.90. The number of amides is 2. The predicted molar refractivity (Wildman–Crippen MR) is 129 cm³/mol. The Morgan fingerprint density at radius 3 is 2.46 bits per heavy atom. The summed E-state index contributed by atoms with van der Waals surface area (Å²) in [4.78, 5) is 45.9. The Balaban J connectivity index is 1.65. The lowest BCUT2D eigenvalue weighted by Gasteiger charge is -2.22. The molecule has 35 heavy (non-hydrogen) atoms. The van der Waals surface area contributed by atoms with Crippen LogP contribution in [0.1, 0.15) is 54.9 Å². The monoisotopic (exact) mass is 483 g/mol. The first kappa shape index (κ1) is 26.1. The zero-order valence-electron chi connectivity index (χ0n) is 20.1. The largest absolute Gasteiger partial charge is 0.508 e. The molecule has 3 rings (SSSR count). The minimum Gasteiger partial charge on any atom is -0.508 e. The van der Waals surface area contributed by atoms with Gasteiger partial charge in [-0.1, -0.05) is 12.1 Å². The predicted octanol–water partition coefficient (Wildman–Crippen LogP) is 1.21. The Morgan fingerprint density at radius 1 is 1.11 bits per heavy atom. The van der Waals surface area contributed by atoms with Crippen molar-refractivity contribution in [3.05, 3.63) is 53.1 Å². The second-order valence-electron chi connectivity index (χ2n) is 8.94. The summed E-state index contributed by atoms with van der Waals surface area (Å²) >= 11 is 0. The third-order valence-corrected chi connectivity index (χ3v) is 5.99. The molecule has 0 spiro atoms. The molecule has 188 valence electrons. The molecule has 1 aliphatic heterocycles. The molecule has 0 saturated carbocycles. The van der Waals surface area contributed by atoms with E-state index >= 15 is 0 Å². The summed E-state index contributed by atoms with van der Waals surface area (Å²) in [5.74, 6) is -0.898. The van der Waals surface area contributed by atoms with E-state index in [1.54, 1.807) is 12.1 Å². The minimum atomic E-state index is -1.17. The van der Waals surface area contributed by atoms with Gasteiger partial charge in [0.25, 0.3) is 0 Å². The van der Waals surface area contributed by atoms with Gasteiger partial charge in [-0.05, 0) is 70.0 Å². The van der Waals surface area contributed by atoms with Crippen LogP contribution >= 0.6 is 0 Å². The standard InChI is InChI=1S/C25H33N5O5/c1-15-13-19(29-23(27-15)18-9-11-26-12-10-18)5-8-22(32)30-21(24(33)28-16(2)25(34)35)14-17-3-6-20(31)7-4-17/h3-4,6-7,13,16,18,21,26,31H,5,8-12,14H2,1-2H3,(H,28,33)(H,30,32)(H,34,35)/t16-,21-/m0/s1. The van der Waals surface area contributed by atoms with Crippen molar-refractivity contribution in [1.29, 1.82) is 0 Å². The van der Waals surface area contributed by atoms with Crippen molar-refractivity contribution < 1.29 is 24.6 Å². The minimum absolute atomic E-state index is 0.0855. The molecule has 0 radical (unpaired) electrons. The van der Waals surface area contributed by atoms with Crippen LogP contribution in [0.25, 0.3) is 0 Å². The molecule has 5 N–H and O–H groups in total. The summed E-state index contributed by atoms with van der Waals surface area (Å²) in [5.41, 5.74) is 2.35. The van der Waals surface area contributed by atoms with Crippen molar-refractivity contribution in [2.75, 3.05) is 13.1 Å². The number of hydrogen-bond donors (Lipinski definition) is 5. The number of phenolic OH excluding ortho intramolecular Hbond substituents is 1. The summed E-state index contributed by atoms with van der Waals surface area (Å²) in [6, 6.07) is 6.08. The number of aromatic nitrogens is 2. The number of nitrogens with one attached hydrogen (secondary N) is 3. The summed E-state index contributed by atoms with van der Waals surface area (Å²) in [6.07, 6.45) is 2.62. The van der Waals surface area contributed by atoms with E-state index in [0.717, 1.165) is 43.1 Å². The zero-order chi connectivity index (χ0) is 25.4. The third kappa shape index (κ3) is 8.03. The topological polar surface area (TPSA) is 154 Å². The van der Waals surface area contributed by atoms with Crippen molar-refractivity contribution in [2.45, 2.75) is 64.0 Å². The van der Waals surface area contributed by atoms with E-state index in [1.807, 2.05) is 13.0 Å². The normalized spacial score (nSPS) is 15.7. The van der Waals surface area contributed by atoms with Crippen LogP contribution < -0.4 is 16.0 Å². The number of carboxylic acid groups (broad SMARTS) is 1. The number of carbonyl (C=O) groups excluding carboxylic acids is 2. The number of nitrogens with zero attached hydrogens (tertiary/aromatic N) is 2. The fourth-order valence-electron chi connectivity index (χ4n) is 4.01. The van der Waals surface area contributed by atoms with Crippen molar-refractivity contribution in [3.8, 4) is 5.75 Å². The molecule has 0 unspecified atom stereocenters. The number of aliphatic carboxylic acids is 1. The Kier molecular flexibility index (Phi) is 9.13. The van der Waals surface area contributed by atoms with Crippen LogP contribution in [0.2, 0.25) is 0 Å². The van der Waals surface area contributed by atoms with E-state index in [-0.39, 0.29) is 24.5 Å². The first-order chi connectivity index (χ1) is 16.7. The smallest absolute Gasteiger partial charge is 0.325 e. The molecule has 2 aromatic rings. The first-order valence-corrected chi connectivity index (χ1v) is 11.9. The van der Waals surface area contributed by atoms with Gasteiger partial charge in [-0.25, -0.2) is 9.97 Å². The molecule has 0 bridgehead atoms. The van der Waals surface area contributed by atoms with E-state index in [2.05, 4.69) is 20.9 Å². The highest BCUT2D eigenvalue weighted by Crippen LogP contribution is 2.22. The average molecular weight is 484 g/mol. The maximum Gasteiger partial charge on any atom is 0.325 e. The van der Waals surface area contributed by atoms with Crippen molar-refractivity contribution in [1.82, 2.24) is 25.9 Å². The van der Waals surface area contributed by atoms with Gasteiger partial charge < -0.3 is 26.2 Å². The van der Waals surface area contributed by atoms with Gasteiger partial charge in [0.15, 0.2) is 0 Å². The van der Waals surface area contributed by atoms with Gasteiger partial charge in [0, 0.05) is 30.1 Å². The molecule has 0 aliphatic carbocycles. The summed E-state index contributed by atoms with van der Waals surface area (Å²) in [7, 11) is 0. The van der Waals surface area contributed by atoms with E-state index < -0.39 is 24.0 Å². The number of benzene rings is 1. The number of aromatic hydroxyl groups is 1. The van der Waals surface area contributed by atoms with Crippen LogP contribution in [0.4, 0.5) is 0 Å². The van der Waals surface area contributed by atoms with E-state index in [9.17, 15) is 19.5 Å². The molecule has 2 heterocycles. The van der Waals surface area contributed by atoms with Gasteiger partial charge in [0.2, 0.25) is 11.8 Å². The number of phenols is 1. The van der Waals surface area contributed by atoms with Gasteiger partial charge in [-0.2, -0.15) is 0 Å². The van der Waals surface area contributed by atoms with Crippen molar-refractivity contribution in [3.63, 3.8) is 0 Å². The first-order valence-electron chi connectivity index (χ1n) is 11.9. The molecule has 1 fully saturated rings. The fraction of sp³-hybridized carbons (Fsp3) is 0.480. The lowest BCUT2D eigenvalue weighted by molar-refractivity contribution is -0.141. The van der Waals surface area contributed by atoms with Crippen LogP contribution in [0.15, 0.2) is 30.3 Å². The van der Waals surface area contributed by atoms with Gasteiger partial charge in [0.05, 0.1) is 0 Å². The van der Waals surface area contributed by atoms with Crippen LogP contribution in [-0.4, -0.2) is 63.1 Å². The summed E-state index contributed by atoms with van der Waals surface area (Å²) < 4.78 is 0. The van der Waals surface area contributed by atoms with Crippen LogP contribution in [0.3, 0.4) is 0 Å². The van der Waals surface area contributed by atoms with E-state index in [1.165, 1.54) is 19.1 Å². The molecule has 1 aromatic heterocycles. The summed E-state index contributed by atoms with van der Waals surface area (Å²) in [5, 5.41) is 27.1. The fourth-order valence-corrected chi connectivity index (χ4v) is 4.01. The molecule has 1 aromatic carbocycles. The van der Waals surface area contributed by atoms with Gasteiger partial charge >= 0.3 is 5.97 Å². The van der Waals surface area contributed by atoms with Gasteiger partial charge in [-0.15, -0.1) is 0 Å². The molecule has 2 atom stereocenters. The number of carboxylic acids is 1. The Labute approximate surface area is 204 Å². The van der Waals surface area contributed by atoms with Crippen LogP contribution in [0, 0.1) is 6.92 Å². The molecule has 10 nitrogen and oxygen atoms in total. The lowest BCUT2D eigenvalue weighted by atomic mass is 9.97. The second kappa shape index (κ2) is 12.3. The number of hydrogen-bond acceptors (Lipinski definition) is 7. The van der Waals surface area contributed by atoms with Gasteiger partial charge in [0.1, 0.15) is 23.7 Å². The van der Waals surface area contributed by atoms with Crippen molar-refractivity contribution >= 4 is 17.8 Å². The Bertz CT molecular complexity index is 1040. The summed E-state index contributed by atoms with van der Waals surface area (Å²) in [6.45, 7) is 5.14. The molecule has 1 saturated heterocycles. The molecular weight excluding hydrogens is 450 g/mol. The van der Waals surface area contributed by atoms with Crippen LogP contribution in [-0.2, 0) is 27.2 Å². The molecule has 10 heteroatoms. The quantitative estimate of drug-likeness (QED) is 0.338. The molecule has 1 aliphatic rings. The highest BCUT2D eigenvalue weighted by atomic mass is 16.4. The average Bonchev–Trinajstić information content (AvgIpc) is 2.83. The number of aryl methyl sites for hydroxylation is 2. The Hall–Kier alpha value is -3.53. The molecule has 2 amide bonds. The highest BCUT2D eigenvalue weighted by Gasteiger charge is 2.25. The van der Waals surface area contributed by atoms with E-state index in [0.29, 0.717) is 17.9 Å². The number of rotatable bonds is 10. The van der Waals surface area contributed by atoms with E-state index in [4.69, 9.17) is 10.1 Å². The zero-order valence-corrected chi connectivity index (χ0v) is 20.1.